The highest BCUT2D eigenvalue weighted by atomic mass is 16.5. The van der Waals surface area contributed by atoms with Crippen LogP contribution < -0.4 is 4.74 Å². The van der Waals surface area contributed by atoms with Gasteiger partial charge in [-0.15, -0.1) is 0 Å². The number of aromatic nitrogens is 4. The molecule has 0 aromatic carbocycles. The van der Waals surface area contributed by atoms with Crippen molar-refractivity contribution in [2.75, 3.05) is 7.11 Å². The lowest BCUT2D eigenvalue weighted by molar-refractivity contribution is -0.118. The summed E-state index contributed by atoms with van der Waals surface area (Å²) in [5.74, 6) is 0.528. The highest BCUT2D eigenvalue weighted by Gasteiger charge is 2.19. The van der Waals surface area contributed by atoms with Gasteiger partial charge in [0.15, 0.2) is 0 Å². The van der Waals surface area contributed by atoms with Crippen LogP contribution in [0.3, 0.4) is 0 Å². The summed E-state index contributed by atoms with van der Waals surface area (Å²) in [7, 11) is 1.51. The molecule has 0 radical (unpaired) electrons. The highest BCUT2D eigenvalue weighted by Crippen LogP contribution is 2.20. The molecule has 0 amide bonds. The number of carbonyl (C=O) groups excluding carboxylic acids is 1. The Kier molecular flexibility index (Phi) is 3.31. The Labute approximate surface area is 103 Å². The number of carbonyl (C=O) groups is 1. The second-order valence-corrected chi connectivity index (χ2v) is 3.73. The molecule has 1 atom stereocenters. The molecule has 0 spiro atoms. The lowest BCUT2D eigenvalue weighted by Crippen LogP contribution is -2.04. The van der Waals surface area contributed by atoms with E-state index < -0.39 is 5.92 Å². The van der Waals surface area contributed by atoms with E-state index in [1.165, 1.54) is 20.4 Å². The van der Waals surface area contributed by atoms with E-state index >= 15 is 0 Å². The van der Waals surface area contributed by atoms with E-state index in [1.54, 1.807) is 13.0 Å². The number of Topliss-reactive ketones (excluding diaryl/α,β-unsaturated/α-hetero) is 1. The van der Waals surface area contributed by atoms with E-state index in [1.807, 2.05) is 0 Å². The quantitative estimate of drug-likeness (QED) is 0.803. The van der Waals surface area contributed by atoms with Crippen molar-refractivity contribution in [3.05, 3.63) is 18.3 Å². The van der Waals surface area contributed by atoms with Gasteiger partial charge in [0.25, 0.3) is 0 Å². The maximum Gasteiger partial charge on any atom is 0.237 e. The van der Waals surface area contributed by atoms with Gasteiger partial charge in [-0.05, 0) is 13.8 Å². The SMILES string of the molecule is COc1cc(-c2noc(C(C)C(C)=O)n2)ncn1. The number of hydrogen-bond acceptors (Lipinski definition) is 7. The van der Waals surface area contributed by atoms with Gasteiger partial charge in [-0.2, -0.15) is 4.98 Å². The molecule has 7 heteroatoms. The predicted octanol–water partition coefficient (Wildman–Crippen LogP) is 1.23. The number of hydrogen-bond donors (Lipinski definition) is 0. The van der Waals surface area contributed by atoms with Gasteiger partial charge < -0.3 is 9.26 Å². The molecule has 0 N–H and O–H groups in total. The summed E-state index contributed by atoms with van der Waals surface area (Å²) in [5, 5.41) is 3.78. The minimum absolute atomic E-state index is 0.0366. The molecule has 0 aliphatic rings. The fourth-order valence-corrected chi connectivity index (χ4v) is 1.26. The molecule has 2 rings (SSSR count). The van der Waals surface area contributed by atoms with Crippen molar-refractivity contribution in [2.45, 2.75) is 19.8 Å². The summed E-state index contributed by atoms with van der Waals surface area (Å²) in [6, 6.07) is 1.59. The normalized spacial score (nSPS) is 12.2. The van der Waals surface area contributed by atoms with Crippen molar-refractivity contribution >= 4 is 5.78 Å². The average molecular weight is 248 g/mol. The van der Waals surface area contributed by atoms with Gasteiger partial charge in [0.05, 0.1) is 13.0 Å². The van der Waals surface area contributed by atoms with Crippen LogP contribution in [-0.4, -0.2) is 33.0 Å². The van der Waals surface area contributed by atoms with Gasteiger partial charge in [-0.3, -0.25) is 4.79 Å². The van der Waals surface area contributed by atoms with E-state index in [-0.39, 0.29) is 11.7 Å². The predicted molar refractivity (Wildman–Crippen MR) is 61.0 cm³/mol. The molecule has 0 saturated carbocycles. The maximum atomic E-state index is 11.2. The third kappa shape index (κ3) is 2.34. The van der Waals surface area contributed by atoms with Crippen molar-refractivity contribution in [3.63, 3.8) is 0 Å². The van der Waals surface area contributed by atoms with Crippen LogP contribution >= 0.6 is 0 Å². The third-order valence-corrected chi connectivity index (χ3v) is 2.50. The first kappa shape index (κ1) is 12.2. The minimum atomic E-state index is -0.421. The molecule has 18 heavy (non-hydrogen) atoms. The summed E-state index contributed by atoms with van der Waals surface area (Å²) < 4.78 is 10.0. The Bertz CT molecular complexity index is 567. The molecule has 0 fully saturated rings. The van der Waals surface area contributed by atoms with Crippen molar-refractivity contribution in [3.8, 4) is 17.4 Å². The first-order chi connectivity index (χ1) is 8.61. The number of ketones is 1. The van der Waals surface area contributed by atoms with Crippen LogP contribution in [0.2, 0.25) is 0 Å². The summed E-state index contributed by atoms with van der Waals surface area (Å²) in [5.41, 5.74) is 0.479. The molecule has 2 aromatic rings. The Balaban J connectivity index is 2.31. The highest BCUT2D eigenvalue weighted by molar-refractivity contribution is 5.81. The summed E-state index contributed by atoms with van der Waals surface area (Å²) in [6.07, 6.45) is 1.35. The zero-order valence-corrected chi connectivity index (χ0v) is 10.2. The maximum absolute atomic E-state index is 11.2. The molecule has 7 nitrogen and oxygen atoms in total. The molecule has 0 bridgehead atoms. The van der Waals surface area contributed by atoms with Crippen LogP contribution in [0.15, 0.2) is 16.9 Å². The molecule has 2 aromatic heterocycles. The molecule has 94 valence electrons. The van der Waals surface area contributed by atoms with Crippen LogP contribution in [-0.2, 0) is 4.79 Å². The van der Waals surface area contributed by atoms with Crippen molar-refractivity contribution in [1.82, 2.24) is 20.1 Å². The van der Waals surface area contributed by atoms with Crippen LogP contribution in [0.5, 0.6) is 5.88 Å². The summed E-state index contributed by atoms with van der Waals surface area (Å²) >= 11 is 0. The molecular weight excluding hydrogens is 236 g/mol. The zero-order valence-electron chi connectivity index (χ0n) is 10.2. The second-order valence-electron chi connectivity index (χ2n) is 3.73. The van der Waals surface area contributed by atoms with Gasteiger partial charge in [0.1, 0.15) is 17.8 Å². The Hall–Kier alpha value is -2.31. The van der Waals surface area contributed by atoms with E-state index in [2.05, 4.69) is 20.1 Å². The lowest BCUT2D eigenvalue weighted by Gasteiger charge is -1.99. The molecule has 1 unspecified atom stereocenters. The zero-order chi connectivity index (χ0) is 13.1. The van der Waals surface area contributed by atoms with Crippen LogP contribution in [0.4, 0.5) is 0 Å². The fraction of sp³-hybridized carbons (Fsp3) is 0.364. The Morgan fingerprint density at radius 3 is 2.89 bits per heavy atom. The number of nitrogens with zero attached hydrogens (tertiary/aromatic N) is 4. The molecule has 2 heterocycles. The van der Waals surface area contributed by atoms with Crippen LogP contribution in [0, 0.1) is 0 Å². The van der Waals surface area contributed by atoms with Gasteiger partial charge in [-0.1, -0.05) is 5.16 Å². The van der Waals surface area contributed by atoms with E-state index in [9.17, 15) is 4.79 Å². The van der Waals surface area contributed by atoms with E-state index in [0.29, 0.717) is 17.4 Å². The number of methoxy groups -OCH3 is 1. The monoisotopic (exact) mass is 248 g/mol. The smallest absolute Gasteiger partial charge is 0.237 e. The molecule has 0 aliphatic heterocycles. The van der Waals surface area contributed by atoms with Gasteiger partial charge in [0.2, 0.25) is 17.6 Å². The fourth-order valence-electron chi connectivity index (χ4n) is 1.26. The summed E-state index contributed by atoms with van der Waals surface area (Å²) in [4.78, 5) is 23.2. The van der Waals surface area contributed by atoms with Crippen LogP contribution in [0.1, 0.15) is 25.7 Å². The van der Waals surface area contributed by atoms with Gasteiger partial charge in [0, 0.05) is 6.07 Å². The van der Waals surface area contributed by atoms with Crippen molar-refractivity contribution in [1.29, 1.82) is 0 Å². The van der Waals surface area contributed by atoms with Gasteiger partial charge in [-0.25, -0.2) is 9.97 Å². The molecule has 0 saturated heterocycles. The Morgan fingerprint density at radius 2 is 2.22 bits per heavy atom. The third-order valence-electron chi connectivity index (χ3n) is 2.50. The number of ether oxygens (including phenoxy) is 1. The first-order valence-electron chi connectivity index (χ1n) is 5.32. The molecular formula is C11H12N4O3. The van der Waals surface area contributed by atoms with Crippen molar-refractivity contribution in [2.24, 2.45) is 0 Å². The lowest BCUT2D eigenvalue weighted by atomic mass is 10.1. The van der Waals surface area contributed by atoms with Crippen LogP contribution in [0.25, 0.3) is 11.5 Å². The van der Waals surface area contributed by atoms with E-state index in [0.717, 1.165) is 0 Å². The second kappa shape index (κ2) is 4.91. The largest absolute Gasteiger partial charge is 0.481 e. The van der Waals surface area contributed by atoms with Crippen molar-refractivity contribution < 1.29 is 14.1 Å². The Morgan fingerprint density at radius 1 is 1.44 bits per heavy atom. The first-order valence-corrected chi connectivity index (χ1v) is 5.32. The standard InChI is InChI=1S/C11H12N4O3/c1-6(7(2)16)11-14-10(15-18-11)8-4-9(17-3)13-5-12-8/h4-6H,1-3H3. The van der Waals surface area contributed by atoms with E-state index in [4.69, 9.17) is 9.26 Å². The minimum Gasteiger partial charge on any atom is -0.481 e. The molecule has 0 aliphatic carbocycles. The summed E-state index contributed by atoms with van der Waals surface area (Å²) in [6.45, 7) is 3.18. The number of rotatable bonds is 4. The van der Waals surface area contributed by atoms with Gasteiger partial charge >= 0.3 is 0 Å². The topological polar surface area (TPSA) is 91.0 Å². The average Bonchev–Trinajstić information content (AvgIpc) is 2.87.